The summed E-state index contributed by atoms with van der Waals surface area (Å²) in [6.07, 6.45) is 1.34. The fourth-order valence-corrected chi connectivity index (χ4v) is 1.23. The summed E-state index contributed by atoms with van der Waals surface area (Å²) in [4.78, 5) is 0. The van der Waals surface area contributed by atoms with Gasteiger partial charge in [0, 0.05) is 6.54 Å². The number of nitrogens with one attached hydrogen (secondary N) is 1. The Morgan fingerprint density at radius 2 is 2.00 bits per heavy atom. The monoisotopic (exact) mass is 193 g/mol. The number of hydrogen-bond acceptors (Lipinski definition) is 2. The van der Waals surface area contributed by atoms with Crippen molar-refractivity contribution in [3.63, 3.8) is 0 Å². The topological polar surface area (TPSA) is 21.3 Å². The van der Waals surface area contributed by atoms with Gasteiger partial charge in [0.15, 0.2) is 0 Å². The third-order valence-corrected chi connectivity index (χ3v) is 1.82. The van der Waals surface area contributed by atoms with Crippen LogP contribution in [0.4, 0.5) is 5.69 Å². The lowest BCUT2D eigenvalue weighted by Crippen LogP contribution is -2.08. The van der Waals surface area contributed by atoms with Crippen molar-refractivity contribution in [1.82, 2.24) is 0 Å². The van der Waals surface area contributed by atoms with Gasteiger partial charge in [0.05, 0.1) is 11.8 Å². The van der Waals surface area contributed by atoms with Crippen molar-refractivity contribution in [3.05, 3.63) is 24.3 Å². The zero-order valence-corrected chi connectivity index (χ0v) is 9.21. The van der Waals surface area contributed by atoms with E-state index in [0.717, 1.165) is 24.4 Å². The van der Waals surface area contributed by atoms with Crippen molar-refractivity contribution in [2.75, 3.05) is 11.9 Å². The van der Waals surface area contributed by atoms with Crippen LogP contribution in [0.15, 0.2) is 24.3 Å². The number of hydrogen-bond donors (Lipinski definition) is 1. The fraction of sp³-hybridized carbons (Fsp3) is 0.500. The Morgan fingerprint density at radius 3 is 2.64 bits per heavy atom. The van der Waals surface area contributed by atoms with Gasteiger partial charge >= 0.3 is 0 Å². The first-order valence-electron chi connectivity index (χ1n) is 5.23. The maximum absolute atomic E-state index is 5.68. The van der Waals surface area contributed by atoms with Crippen LogP contribution in [0.2, 0.25) is 0 Å². The standard InChI is InChI=1S/C12H19NO/c1-4-9-13-11-7-5-6-8-12(11)14-10(2)3/h5-8,10,13H,4,9H2,1-3H3. The van der Waals surface area contributed by atoms with E-state index < -0.39 is 0 Å². The van der Waals surface area contributed by atoms with E-state index in [-0.39, 0.29) is 6.10 Å². The Hall–Kier alpha value is -1.18. The Balaban J connectivity index is 2.69. The zero-order valence-electron chi connectivity index (χ0n) is 9.21. The van der Waals surface area contributed by atoms with Crippen LogP contribution in [0.3, 0.4) is 0 Å². The summed E-state index contributed by atoms with van der Waals surface area (Å²) in [5.74, 6) is 0.941. The predicted molar refractivity (Wildman–Crippen MR) is 61.0 cm³/mol. The van der Waals surface area contributed by atoms with Crippen molar-refractivity contribution < 1.29 is 4.74 Å². The second kappa shape index (κ2) is 5.53. The molecule has 0 fully saturated rings. The van der Waals surface area contributed by atoms with Gasteiger partial charge in [0.2, 0.25) is 0 Å². The molecule has 0 saturated carbocycles. The van der Waals surface area contributed by atoms with Gasteiger partial charge in [-0.1, -0.05) is 19.1 Å². The SMILES string of the molecule is CCCNc1ccccc1OC(C)C. The zero-order chi connectivity index (χ0) is 10.4. The van der Waals surface area contributed by atoms with Gasteiger partial charge in [-0.15, -0.1) is 0 Å². The number of rotatable bonds is 5. The van der Waals surface area contributed by atoms with Crippen LogP contribution in [-0.2, 0) is 0 Å². The molecule has 14 heavy (non-hydrogen) atoms. The summed E-state index contributed by atoms with van der Waals surface area (Å²) in [7, 11) is 0. The lowest BCUT2D eigenvalue weighted by molar-refractivity contribution is 0.243. The highest BCUT2D eigenvalue weighted by Gasteiger charge is 2.02. The van der Waals surface area contributed by atoms with Crippen LogP contribution in [0.25, 0.3) is 0 Å². The molecule has 1 aromatic carbocycles. The van der Waals surface area contributed by atoms with Gasteiger partial charge in [-0.05, 0) is 32.4 Å². The van der Waals surface area contributed by atoms with E-state index in [9.17, 15) is 0 Å². The molecule has 0 bridgehead atoms. The minimum atomic E-state index is 0.222. The molecule has 0 aliphatic carbocycles. The molecule has 0 amide bonds. The first kappa shape index (κ1) is 10.9. The van der Waals surface area contributed by atoms with E-state index in [1.807, 2.05) is 38.1 Å². The molecule has 0 aliphatic rings. The molecule has 1 aromatic rings. The van der Waals surface area contributed by atoms with Crippen LogP contribution in [0.5, 0.6) is 5.75 Å². The molecular formula is C12H19NO. The third-order valence-electron chi connectivity index (χ3n) is 1.82. The molecule has 2 nitrogen and oxygen atoms in total. The van der Waals surface area contributed by atoms with E-state index in [0.29, 0.717) is 0 Å². The number of anilines is 1. The molecule has 0 saturated heterocycles. The lowest BCUT2D eigenvalue weighted by Gasteiger charge is -2.14. The van der Waals surface area contributed by atoms with Gasteiger partial charge in [-0.25, -0.2) is 0 Å². The summed E-state index contributed by atoms with van der Waals surface area (Å²) < 4.78 is 5.68. The van der Waals surface area contributed by atoms with Crippen molar-refractivity contribution in [2.24, 2.45) is 0 Å². The molecule has 0 aliphatic heterocycles. The maximum Gasteiger partial charge on any atom is 0.142 e. The smallest absolute Gasteiger partial charge is 0.142 e. The van der Waals surface area contributed by atoms with Crippen molar-refractivity contribution >= 4 is 5.69 Å². The van der Waals surface area contributed by atoms with Gasteiger partial charge in [-0.2, -0.15) is 0 Å². The average Bonchev–Trinajstić information content (AvgIpc) is 2.16. The van der Waals surface area contributed by atoms with Crippen LogP contribution in [0, 0.1) is 0 Å². The second-order valence-electron chi connectivity index (χ2n) is 3.59. The van der Waals surface area contributed by atoms with Crippen molar-refractivity contribution in [3.8, 4) is 5.75 Å². The first-order valence-corrected chi connectivity index (χ1v) is 5.23. The van der Waals surface area contributed by atoms with Crippen LogP contribution in [-0.4, -0.2) is 12.6 Å². The molecule has 0 aromatic heterocycles. The van der Waals surface area contributed by atoms with Crippen molar-refractivity contribution in [1.29, 1.82) is 0 Å². The van der Waals surface area contributed by atoms with Gasteiger partial charge < -0.3 is 10.1 Å². The number of benzene rings is 1. The largest absolute Gasteiger partial charge is 0.489 e. The Kier molecular flexibility index (Phi) is 4.30. The maximum atomic E-state index is 5.68. The van der Waals surface area contributed by atoms with E-state index in [1.54, 1.807) is 0 Å². The highest BCUT2D eigenvalue weighted by Crippen LogP contribution is 2.24. The highest BCUT2D eigenvalue weighted by atomic mass is 16.5. The van der Waals surface area contributed by atoms with Gasteiger partial charge in [0.25, 0.3) is 0 Å². The lowest BCUT2D eigenvalue weighted by atomic mass is 10.3. The molecule has 0 unspecified atom stereocenters. The molecule has 1 N–H and O–H groups in total. The van der Waals surface area contributed by atoms with E-state index in [4.69, 9.17) is 4.74 Å². The summed E-state index contributed by atoms with van der Waals surface area (Å²) in [5.41, 5.74) is 1.09. The summed E-state index contributed by atoms with van der Waals surface area (Å²) >= 11 is 0. The minimum absolute atomic E-state index is 0.222. The van der Waals surface area contributed by atoms with Crippen molar-refractivity contribution in [2.45, 2.75) is 33.3 Å². The Bertz CT molecular complexity index is 271. The Labute approximate surface area is 86.3 Å². The van der Waals surface area contributed by atoms with Crippen LogP contribution >= 0.6 is 0 Å². The van der Waals surface area contributed by atoms with E-state index in [1.165, 1.54) is 0 Å². The van der Waals surface area contributed by atoms with E-state index >= 15 is 0 Å². The minimum Gasteiger partial charge on any atom is -0.489 e. The summed E-state index contributed by atoms with van der Waals surface area (Å²) in [6, 6.07) is 8.06. The molecule has 1 rings (SSSR count). The molecule has 0 atom stereocenters. The summed E-state index contributed by atoms with van der Waals surface area (Å²) in [5, 5.41) is 3.34. The molecule has 2 heteroatoms. The normalized spacial score (nSPS) is 10.3. The van der Waals surface area contributed by atoms with E-state index in [2.05, 4.69) is 12.2 Å². The highest BCUT2D eigenvalue weighted by molar-refractivity contribution is 5.56. The molecule has 0 heterocycles. The predicted octanol–water partition coefficient (Wildman–Crippen LogP) is 3.30. The molecule has 78 valence electrons. The number of para-hydroxylation sites is 2. The average molecular weight is 193 g/mol. The second-order valence-corrected chi connectivity index (χ2v) is 3.59. The third kappa shape index (κ3) is 3.29. The van der Waals surface area contributed by atoms with Gasteiger partial charge in [0.1, 0.15) is 5.75 Å². The summed E-state index contributed by atoms with van der Waals surface area (Å²) in [6.45, 7) is 7.21. The molecule has 0 spiro atoms. The fourth-order valence-electron chi connectivity index (χ4n) is 1.23. The van der Waals surface area contributed by atoms with Crippen LogP contribution < -0.4 is 10.1 Å². The quantitative estimate of drug-likeness (QED) is 0.774. The van der Waals surface area contributed by atoms with Crippen LogP contribution in [0.1, 0.15) is 27.2 Å². The number of ether oxygens (including phenoxy) is 1. The Morgan fingerprint density at radius 1 is 1.29 bits per heavy atom. The molecule has 0 radical (unpaired) electrons. The van der Waals surface area contributed by atoms with Gasteiger partial charge in [-0.3, -0.25) is 0 Å². The first-order chi connectivity index (χ1) is 6.74. The molecular weight excluding hydrogens is 174 g/mol.